The van der Waals surface area contributed by atoms with Crippen LogP contribution in [0.4, 0.5) is 0 Å². The van der Waals surface area contributed by atoms with Gasteiger partial charge in [0.2, 0.25) is 0 Å². The van der Waals surface area contributed by atoms with Crippen LogP contribution in [0.15, 0.2) is 12.4 Å². The number of hydrogen-bond acceptors (Lipinski definition) is 4. The lowest BCUT2D eigenvalue weighted by atomic mass is 9.91. The van der Waals surface area contributed by atoms with Gasteiger partial charge in [-0.2, -0.15) is 0 Å². The molecule has 112 valence electrons. The standard InChI is InChI=1S/C14H23N3O3/c1-10(20-3)14(19)17-7-4-5-11(9-17)12(18)13-15-6-8-16(13)2/h6,8,10-12,18H,4-5,7,9H2,1-3H3. The maximum absolute atomic E-state index is 12.1. The number of piperidine rings is 1. The molecule has 2 heterocycles. The second-order valence-electron chi connectivity index (χ2n) is 5.41. The van der Waals surface area contributed by atoms with E-state index in [9.17, 15) is 9.90 Å². The Labute approximate surface area is 119 Å². The van der Waals surface area contributed by atoms with Crippen LogP contribution in [0.25, 0.3) is 0 Å². The number of carbonyl (C=O) groups excluding carboxylic acids is 1. The first-order chi connectivity index (χ1) is 9.54. The van der Waals surface area contributed by atoms with Gasteiger partial charge in [0.1, 0.15) is 18.0 Å². The molecule has 1 amide bonds. The number of aromatic nitrogens is 2. The molecule has 1 N–H and O–H groups in total. The summed E-state index contributed by atoms with van der Waals surface area (Å²) in [5.41, 5.74) is 0. The number of ether oxygens (including phenoxy) is 1. The van der Waals surface area contributed by atoms with Gasteiger partial charge in [-0.1, -0.05) is 0 Å². The average Bonchev–Trinajstić information content (AvgIpc) is 2.91. The van der Waals surface area contributed by atoms with Crippen LogP contribution in [-0.2, 0) is 16.6 Å². The predicted octanol–water partition coefficient (Wildman–Crippen LogP) is 0.727. The van der Waals surface area contributed by atoms with Crippen molar-refractivity contribution in [2.75, 3.05) is 20.2 Å². The van der Waals surface area contributed by atoms with Gasteiger partial charge in [-0.25, -0.2) is 4.98 Å². The summed E-state index contributed by atoms with van der Waals surface area (Å²) in [5.74, 6) is 0.672. The first-order valence-corrected chi connectivity index (χ1v) is 7.01. The molecule has 3 atom stereocenters. The van der Waals surface area contributed by atoms with Crippen LogP contribution in [-0.4, -0.2) is 51.8 Å². The molecule has 0 spiro atoms. The first-order valence-electron chi connectivity index (χ1n) is 7.01. The second kappa shape index (κ2) is 6.37. The number of nitrogens with zero attached hydrogens (tertiary/aromatic N) is 3. The fourth-order valence-corrected chi connectivity index (χ4v) is 2.70. The molecule has 0 saturated carbocycles. The van der Waals surface area contributed by atoms with E-state index in [-0.39, 0.29) is 11.8 Å². The van der Waals surface area contributed by atoms with E-state index in [1.54, 1.807) is 18.0 Å². The molecule has 0 radical (unpaired) electrons. The van der Waals surface area contributed by atoms with E-state index in [1.165, 1.54) is 7.11 Å². The van der Waals surface area contributed by atoms with E-state index >= 15 is 0 Å². The molecule has 0 aliphatic carbocycles. The zero-order chi connectivity index (χ0) is 14.7. The highest BCUT2D eigenvalue weighted by Crippen LogP contribution is 2.29. The molecule has 1 aromatic rings. The number of aryl methyl sites for hydroxylation is 1. The molecule has 1 aliphatic rings. The first kappa shape index (κ1) is 15.0. The lowest BCUT2D eigenvalue weighted by Gasteiger charge is -2.35. The van der Waals surface area contributed by atoms with Gasteiger partial charge < -0.3 is 19.3 Å². The lowest BCUT2D eigenvalue weighted by molar-refractivity contribution is -0.143. The van der Waals surface area contributed by atoms with Gasteiger partial charge in [-0.05, 0) is 19.8 Å². The van der Waals surface area contributed by atoms with E-state index in [2.05, 4.69) is 4.98 Å². The van der Waals surface area contributed by atoms with Crippen molar-refractivity contribution in [2.45, 2.75) is 32.0 Å². The highest BCUT2D eigenvalue weighted by atomic mass is 16.5. The minimum absolute atomic E-state index is 0.00996. The highest BCUT2D eigenvalue weighted by Gasteiger charge is 2.32. The number of carbonyl (C=O) groups is 1. The third-order valence-electron chi connectivity index (χ3n) is 4.04. The van der Waals surface area contributed by atoms with Gasteiger partial charge in [-0.15, -0.1) is 0 Å². The molecular weight excluding hydrogens is 258 g/mol. The van der Waals surface area contributed by atoms with Crippen molar-refractivity contribution >= 4 is 5.91 Å². The number of likely N-dealkylation sites (tertiary alicyclic amines) is 1. The van der Waals surface area contributed by atoms with Crippen LogP contribution in [0, 0.1) is 5.92 Å². The normalized spacial score (nSPS) is 22.6. The van der Waals surface area contributed by atoms with E-state index in [0.29, 0.717) is 12.4 Å². The highest BCUT2D eigenvalue weighted by molar-refractivity contribution is 5.80. The Morgan fingerprint density at radius 3 is 2.95 bits per heavy atom. The molecule has 1 fully saturated rings. The molecule has 1 saturated heterocycles. The Balaban J connectivity index is 2.03. The Kier molecular flexibility index (Phi) is 4.77. The molecule has 0 aromatic carbocycles. The number of imidazole rings is 1. The fourth-order valence-electron chi connectivity index (χ4n) is 2.70. The van der Waals surface area contributed by atoms with E-state index in [1.807, 2.05) is 17.8 Å². The van der Waals surface area contributed by atoms with Crippen molar-refractivity contribution in [3.05, 3.63) is 18.2 Å². The summed E-state index contributed by atoms with van der Waals surface area (Å²) in [5, 5.41) is 10.5. The monoisotopic (exact) mass is 281 g/mol. The minimum atomic E-state index is -0.636. The Bertz CT molecular complexity index is 460. The summed E-state index contributed by atoms with van der Waals surface area (Å²) in [7, 11) is 3.40. The number of hydrogen-bond donors (Lipinski definition) is 1. The van der Waals surface area contributed by atoms with E-state index < -0.39 is 12.2 Å². The van der Waals surface area contributed by atoms with Crippen molar-refractivity contribution in [1.82, 2.24) is 14.5 Å². The zero-order valence-electron chi connectivity index (χ0n) is 12.3. The fraction of sp³-hybridized carbons (Fsp3) is 0.714. The summed E-state index contributed by atoms with van der Waals surface area (Å²) < 4.78 is 6.90. The third kappa shape index (κ3) is 3.02. The van der Waals surface area contributed by atoms with Crippen LogP contribution < -0.4 is 0 Å². The maximum Gasteiger partial charge on any atom is 0.251 e. The van der Waals surface area contributed by atoms with E-state index in [0.717, 1.165) is 19.4 Å². The zero-order valence-corrected chi connectivity index (χ0v) is 12.3. The molecule has 1 aromatic heterocycles. The smallest absolute Gasteiger partial charge is 0.251 e. The van der Waals surface area contributed by atoms with Crippen molar-refractivity contribution in [3.8, 4) is 0 Å². The van der Waals surface area contributed by atoms with Crippen LogP contribution in [0.2, 0.25) is 0 Å². The maximum atomic E-state index is 12.1. The number of aliphatic hydroxyl groups excluding tert-OH is 1. The second-order valence-corrected chi connectivity index (χ2v) is 5.41. The molecule has 0 bridgehead atoms. The number of rotatable bonds is 4. The summed E-state index contributed by atoms with van der Waals surface area (Å²) in [6, 6.07) is 0. The van der Waals surface area contributed by atoms with Gasteiger partial charge in [0, 0.05) is 45.6 Å². The van der Waals surface area contributed by atoms with Crippen molar-refractivity contribution in [3.63, 3.8) is 0 Å². The topological polar surface area (TPSA) is 67.6 Å². The number of methoxy groups -OCH3 is 1. The Hall–Kier alpha value is -1.40. The summed E-state index contributed by atoms with van der Waals surface area (Å²) in [6.45, 7) is 3.04. The Morgan fingerprint density at radius 2 is 2.35 bits per heavy atom. The summed E-state index contributed by atoms with van der Waals surface area (Å²) >= 11 is 0. The predicted molar refractivity (Wildman–Crippen MR) is 73.9 cm³/mol. The number of aliphatic hydroxyl groups is 1. The lowest BCUT2D eigenvalue weighted by Crippen LogP contribution is -2.46. The van der Waals surface area contributed by atoms with Crippen molar-refractivity contribution in [1.29, 1.82) is 0 Å². The van der Waals surface area contributed by atoms with Crippen molar-refractivity contribution < 1.29 is 14.6 Å². The quantitative estimate of drug-likeness (QED) is 0.883. The van der Waals surface area contributed by atoms with Crippen molar-refractivity contribution in [2.24, 2.45) is 13.0 Å². The van der Waals surface area contributed by atoms with Gasteiger partial charge in [0.15, 0.2) is 0 Å². The van der Waals surface area contributed by atoms with Gasteiger partial charge in [0.25, 0.3) is 5.91 Å². The van der Waals surface area contributed by atoms with Crippen LogP contribution in [0.1, 0.15) is 31.7 Å². The average molecular weight is 281 g/mol. The SMILES string of the molecule is COC(C)C(=O)N1CCCC(C(O)c2nccn2C)C1. The summed E-state index contributed by atoms with van der Waals surface area (Å²) in [4.78, 5) is 18.1. The molecular formula is C14H23N3O3. The minimum Gasteiger partial charge on any atom is -0.385 e. The molecule has 2 rings (SSSR count). The molecule has 20 heavy (non-hydrogen) atoms. The largest absolute Gasteiger partial charge is 0.385 e. The molecule has 6 nitrogen and oxygen atoms in total. The molecule has 3 unspecified atom stereocenters. The van der Waals surface area contributed by atoms with Crippen LogP contribution >= 0.6 is 0 Å². The third-order valence-corrected chi connectivity index (χ3v) is 4.04. The summed E-state index contributed by atoms with van der Waals surface area (Å²) in [6.07, 6.45) is 4.23. The van der Waals surface area contributed by atoms with Crippen LogP contribution in [0.3, 0.4) is 0 Å². The number of amides is 1. The van der Waals surface area contributed by atoms with Gasteiger partial charge in [0.05, 0.1) is 0 Å². The van der Waals surface area contributed by atoms with E-state index in [4.69, 9.17) is 4.74 Å². The van der Waals surface area contributed by atoms with Gasteiger partial charge >= 0.3 is 0 Å². The Morgan fingerprint density at radius 1 is 1.60 bits per heavy atom. The molecule has 6 heteroatoms. The van der Waals surface area contributed by atoms with Crippen LogP contribution in [0.5, 0.6) is 0 Å². The molecule has 1 aliphatic heterocycles. The van der Waals surface area contributed by atoms with Gasteiger partial charge in [-0.3, -0.25) is 4.79 Å².